The SMILES string of the molecule is COc1ccc(-n2cnc(SCCC=O)n2)cc1. The number of aldehydes is 1. The molecule has 0 atom stereocenters. The van der Waals surface area contributed by atoms with Crippen LogP contribution in [-0.4, -0.2) is 33.9 Å². The maximum absolute atomic E-state index is 10.2. The summed E-state index contributed by atoms with van der Waals surface area (Å²) in [5.41, 5.74) is 0.922. The largest absolute Gasteiger partial charge is 0.497 e. The van der Waals surface area contributed by atoms with Crippen molar-refractivity contribution in [1.82, 2.24) is 14.8 Å². The number of hydrogen-bond donors (Lipinski definition) is 0. The van der Waals surface area contributed by atoms with Crippen LogP contribution in [0.2, 0.25) is 0 Å². The molecule has 0 fully saturated rings. The van der Waals surface area contributed by atoms with Crippen LogP contribution in [0, 0.1) is 0 Å². The average Bonchev–Trinajstić information content (AvgIpc) is 2.88. The Morgan fingerprint density at radius 3 is 2.83 bits per heavy atom. The first-order chi connectivity index (χ1) is 8.83. The van der Waals surface area contributed by atoms with E-state index in [1.54, 1.807) is 18.1 Å². The minimum atomic E-state index is 0.516. The van der Waals surface area contributed by atoms with Crippen LogP contribution in [0.4, 0.5) is 0 Å². The Morgan fingerprint density at radius 2 is 2.17 bits per heavy atom. The van der Waals surface area contributed by atoms with Crippen molar-refractivity contribution in [2.24, 2.45) is 0 Å². The zero-order valence-corrected chi connectivity index (χ0v) is 10.8. The van der Waals surface area contributed by atoms with E-state index >= 15 is 0 Å². The maximum atomic E-state index is 10.2. The topological polar surface area (TPSA) is 57.0 Å². The van der Waals surface area contributed by atoms with Gasteiger partial charge in [-0.15, -0.1) is 5.10 Å². The van der Waals surface area contributed by atoms with E-state index in [9.17, 15) is 4.79 Å². The fourth-order valence-corrected chi connectivity index (χ4v) is 2.04. The molecular weight excluding hydrogens is 250 g/mol. The molecule has 0 saturated carbocycles. The number of ether oxygens (including phenoxy) is 1. The number of carbonyl (C=O) groups is 1. The molecule has 1 aromatic heterocycles. The number of thioether (sulfide) groups is 1. The minimum Gasteiger partial charge on any atom is -0.497 e. The van der Waals surface area contributed by atoms with Crippen LogP contribution in [-0.2, 0) is 4.79 Å². The summed E-state index contributed by atoms with van der Waals surface area (Å²) in [6.07, 6.45) is 3.07. The fraction of sp³-hybridized carbons (Fsp3) is 0.250. The van der Waals surface area contributed by atoms with Gasteiger partial charge in [0, 0.05) is 12.2 Å². The van der Waals surface area contributed by atoms with Gasteiger partial charge in [-0.05, 0) is 24.3 Å². The molecule has 2 rings (SSSR count). The second-order valence-electron chi connectivity index (χ2n) is 3.47. The number of methoxy groups -OCH3 is 1. The van der Waals surface area contributed by atoms with E-state index in [0.717, 1.165) is 17.7 Å². The molecule has 0 N–H and O–H groups in total. The molecule has 6 heteroatoms. The van der Waals surface area contributed by atoms with Crippen LogP contribution in [0.5, 0.6) is 5.75 Å². The van der Waals surface area contributed by atoms with Gasteiger partial charge in [0.15, 0.2) is 0 Å². The summed E-state index contributed by atoms with van der Waals surface area (Å²) in [7, 11) is 1.63. The predicted octanol–water partition coefficient (Wildman–Crippen LogP) is 1.96. The number of rotatable bonds is 6. The van der Waals surface area contributed by atoms with Crippen molar-refractivity contribution in [3.8, 4) is 11.4 Å². The third kappa shape index (κ3) is 3.10. The van der Waals surface area contributed by atoms with E-state index in [-0.39, 0.29) is 0 Å². The number of aromatic nitrogens is 3. The molecule has 94 valence electrons. The first kappa shape index (κ1) is 12.6. The number of hydrogen-bond acceptors (Lipinski definition) is 5. The highest BCUT2D eigenvalue weighted by Gasteiger charge is 2.03. The lowest BCUT2D eigenvalue weighted by Gasteiger charge is -2.02. The number of carbonyl (C=O) groups excluding carboxylic acids is 1. The summed E-state index contributed by atoms with van der Waals surface area (Å²) in [6.45, 7) is 0. The van der Waals surface area contributed by atoms with Crippen LogP contribution in [0.1, 0.15) is 6.42 Å². The Hall–Kier alpha value is -1.82. The second-order valence-corrected chi connectivity index (χ2v) is 4.54. The highest BCUT2D eigenvalue weighted by Crippen LogP contribution is 2.17. The third-order valence-corrected chi connectivity index (χ3v) is 3.16. The molecule has 0 amide bonds. The second kappa shape index (κ2) is 6.20. The van der Waals surface area contributed by atoms with Gasteiger partial charge in [0.1, 0.15) is 18.4 Å². The first-order valence-electron chi connectivity index (χ1n) is 5.46. The average molecular weight is 263 g/mol. The normalized spacial score (nSPS) is 10.3. The van der Waals surface area contributed by atoms with Gasteiger partial charge < -0.3 is 9.53 Å². The molecule has 0 aliphatic heterocycles. The Morgan fingerprint density at radius 1 is 1.39 bits per heavy atom. The molecule has 18 heavy (non-hydrogen) atoms. The fourth-order valence-electron chi connectivity index (χ4n) is 1.37. The molecule has 0 aliphatic carbocycles. The summed E-state index contributed by atoms with van der Waals surface area (Å²) < 4.78 is 6.79. The summed E-state index contributed by atoms with van der Waals surface area (Å²) >= 11 is 1.47. The van der Waals surface area contributed by atoms with Gasteiger partial charge in [0.05, 0.1) is 12.8 Å². The molecule has 0 unspecified atom stereocenters. The van der Waals surface area contributed by atoms with E-state index in [1.165, 1.54) is 11.8 Å². The van der Waals surface area contributed by atoms with Gasteiger partial charge in [-0.1, -0.05) is 11.8 Å². The van der Waals surface area contributed by atoms with Crippen molar-refractivity contribution in [2.45, 2.75) is 11.6 Å². The monoisotopic (exact) mass is 263 g/mol. The lowest BCUT2D eigenvalue weighted by Crippen LogP contribution is -1.94. The van der Waals surface area contributed by atoms with E-state index in [2.05, 4.69) is 10.1 Å². The van der Waals surface area contributed by atoms with Crippen LogP contribution in [0.3, 0.4) is 0 Å². The van der Waals surface area contributed by atoms with Gasteiger partial charge in [0.25, 0.3) is 0 Å². The van der Waals surface area contributed by atoms with Gasteiger partial charge in [-0.3, -0.25) is 0 Å². The Labute approximate surface area is 109 Å². The summed E-state index contributed by atoms with van der Waals surface area (Å²) in [4.78, 5) is 14.4. The van der Waals surface area contributed by atoms with Gasteiger partial charge in [-0.2, -0.15) is 0 Å². The zero-order chi connectivity index (χ0) is 12.8. The zero-order valence-electron chi connectivity index (χ0n) is 9.94. The molecule has 0 radical (unpaired) electrons. The molecule has 0 saturated heterocycles. The molecule has 0 aliphatic rings. The van der Waals surface area contributed by atoms with Gasteiger partial charge in [-0.25, -0.2) is 9.67 Å². The highest BCUT2D eigenvalue weighted by atomic mass is 32.2. The molecule has 2 aromatic rings. The van der Waals surface area contributed by atoms with Crippen molar-refractivity contribution in [1.29, 1.82) is 0 Å². The molecule has 0 bridgehead atoms. The van der Waals surface area contributed by atoms with Crippen LogP contribution in [0.15, 0.2) is 35.7 Å². The Balaban J connectivity index is 2.06. The van der Waals surface area contributed by atoms with Crippen LogP contribution < -0.4 is 4.74 Å². The maximum Gasteiger partial charge on any atom is 0.208 e. The lowest BCUT2D eigenvalue weighted by atomic mass is 10.3. The molecule has 1 aromatic carbocycles. The predicted molar refractivity (Wildman–Crippen MR) is 69.3 cm³/mol. The summed E-state index contributed by atoms with van der Waals surface area (Å²) in [5, 5.41) is 4.99. The van der Waals surface area contributed by atoms with E-state index < -0.39 is 0 Å². The Kier molecular flexibility index (Phi) is 4.35. The minimum absolute atomic E-state index is 0.516. The van der Waals surface area contributed by atoms with Crippen molar-refractivity contribution < 1.29 is 9.53 Å². The summed E-state index contributed by atoms with van der Waals surface area (Å²) in [5.74, 6) is 1.51. The van der Waals surface area contributed by atoms with Crippen LogP contribution >= 0.6 is 11.8 Å². The van der Waals surface area contributed by atoms with E-state index in [1.807, 2.05) is 24.3 Å². The van der Waals surface area contributed by atoms with Crippen molar-refractivity contribution in [3.05, 3.63) is 30.6 Å². The molecule has 1 heterocycles. The van der Waals surface area contributed by atoms with Gasteiger partial charge in [0.2, 0.25) is 5.16 Å². The third-order valence-electron chi connectivity index (χ3n) is 2.27. The molecular formula is C12H13N3O2S. The van der Waals surface area contributed by atoms with Crippen molar-refractivity contribution in [3.63, 3.8) is 0 Å². The van der Waals surface area contributed by atoms with Crippen molar-refractivity contribution >= 4 is 18.0 Å². The standard InChI is InChI=1S/C12H13N3O2S/c1-17-11-5-3-10(4-6-11)15-9-13-12(14-15)18-8-2-7-16/h3-7,9H,2,8H2,1H3. The summed E-state index contributed by atoms with van der Waals surface area (Å²) in [6, 6.07) is 7.56. The van der Waals surface area contributed by atoms with Gasteiger partial charge >= 0.3 is 0 Å². The lowest BCUT2D eigenvalue weighted by molar-refractivity contribution is -0.107. The smallest absolute Gasteiger partial charge is 0.208 e. The van der Waals surface area contributed by atoms with E-state index in [0.29, 0.717) is 17.3 Å². The first-order valence-corrected chi connectivity index (χ1v) is 6.44. The molecule has 0 spiro atoms. The van der Waals surface area contributed by atoms with E-state index in [4.69, 9.17) is 4.74 Å². The Bertz CT molecular complexity index is 510. The molecule has 5 nitrogen and oxygen atoms in total. The van der Waals surface area contributed by atoms with Crippen molar-refractivity contribution in [2.75, 3.05) is 12.9 Å². The van der Waals surface area contributed by atoms with Crippen LogP contribution in [0.25, 0.3) is 5.69 Å². The quantitative estimate of drug-likeness (QED) is 0.453. The number of nitrogens with zero attached hydrogens (tertiary/aromatic N) is 3. The number of benzene rings is 1. The highest BCUT2D eigenvalue weighted by molar-refractivity contribution is 7.99.